The third kappa shape index (κ3) is 3.18. The van der Waals surface area contributed by atoms with Gasteiger partial charge in [-0.05, 0) is 31.9 Å². The van der Waals surface area contributed by atoms with E-state index in [0.29, 0.717) is 5.57 Å². The van der Waals surface area contributed by atoms with E-state index in [4.69, 9.17) is 11.3 Å². The number of hydrogen-bond acceptors (Lipinski definition) is 2. The predicted molar refractivity (Wildman–Crippen MR) is 67.0 cm³/mol. The van der Waals surface area contributed by atoms with E-state index in [9.17, 15) is 4.79 Å². The van der Waals surface area contributed by atoms with Crippen LogP contribution >= 0.6 is 0 Å². The van der Waals surface area contributed by atoms with Crippen molar-refractivity contribution in [2.24, 2.45) is 0 Å². The number of ether oxygens (including phenoxy) is 1. The van der Waals surface area contributed by atoms with Gasteiger partial charge in [-0.2, -0.15) is 0 Å². The lowest BCUT2D eigenvalue weighted by Crippen LogP contribution is -2.06. The Morgan fingerprint density at radius 1 is 1.35 bits per heavy atom. The van der Waals surface area contributed by atoms with E-state index >= 15 is 0 Å². The van der Waals surface area contributed by atoms with Gasteiger partial charge in [0.15, 0.2) is 0 Å². The second-order valence-corrected chi connectivity index (χ2v) is 3.67. The van der Waals surface area contributed by atoms with E-state index in [2.05, 4.69) is 4.85 Å². The first-order valence-electron chi connectivity index (χ1n) is 5.42. The Hall–Kier alpha value is -2.08. The Kier molecular flexibility index (Phi) is 4.47. The van der Waals surface area contributed by atoms with E-state index in [1.807, 2.05) is 31.2 Å². The second kappa shape index (κ2) is 5.86. The highest BCUT2D eigenvalue weighted by Crippen LogP contribution is 2.20. The molecule has 0 bridgehead atoms. The molecule has 1 aromatic rings. The van der Waals surface area contributed by atoms with Gasteiger partial charge < -0.3 is 4.74 Å². The number of benzene rings is 1. The first-order valence-corrected chi connectivity index (χ1v) is 5.42. The number of carbonyl (C=O) groups is 1. The first kappa shape index (κ1) is 13.0. The number of hydrogen-bond donors (Lipinski definition) is 0. The van der Waals surface area contributed by atoms with Crippen molar-refractivity contribution in [2.75, 3.05) is 6.61 Å². The van der Waals surface area contributed by atoms with E-state index in [-0.39, 0.29) is 12.3 Å². The molecule has 1 aromatic carbocycles. The summed E-state index contributed by atoms with van der Waals surface area (Å²) in [5.74, 6) is -0.555. The maximum Gasteiger partial charge on any atom is 0.336 e. The van der Waals surface area contributed by atoms with Crippen LogP contribution < -0.4 is 0 Å². The summed E-state index contributed by atoms with van der Waals surface area (Å²) >= 11 is 0. The third-order valence-corrected chi connectivity index (χ3v) is 2.42. The van der Waals surface area contributed by atoms with Crippen molar-refractivity contribution < 1.29 is 9.53 Å². The zero-order chi connectivity index (χ0) is 12.8. The fraction of sp³-hybridized carbons (Fsp3) is 0.286. The van der Waals surface area contributed by atoms with Crippen LogP contribution in [0.25, 0.3) is 10.4 Å². The molecule has 0 fully saturated rings. The Morgan fingerprint density at radius 2 is 1.94 bits per heavy atom. The maximum atomic E-state index is 11.6. The van der Waals surface area contributed by atoms with E-state index in [1.165, 1.54) is 0 Å². The summed E-state index contributed by atoms with van der Waals surface area (Å²) in [6.45, 7) is 12.8. The van der Waals surface area contributed by atoms with Gasteiger partial charge in [0.05, 0.1) is 13.2 Å². The van der Waals surface area contributed by atoms with Crippen LogP contribution in [0.15, 0.2) is 30.0 Å². The van der Waals surface area contributed by atoms with Gasteiger partial charge in [-0.3, -0.25) is 4.79 Å². The number of carbonyl (C=O) groups excluding carboxylic acids is 1. The molecule has 0 aliphatic rings. The molecule has 0 heterocycles. The minimum Gasteiger partial charge on any atom is -0.471 e. The van der Waals surface area contributed by atoms with E-state index in [1.54, 1.807) is 13.8 Å². The number of esters is 1. The molecule has 0 radical (unpaired) electrons. The third-order valence-electron chi connectivity index (χ3n) is 2.42. The summed E-state index contributed by atoms with van der Waals surface area (Å²) in [7, 11) is 0. The summed E-state index contributed by atoms with van der Waals surface area (Å²) in [5.41, 5.74) is 2.71. The molecule has 0 saturated carbocycles. The number of allylic oxidation sites excluding steroid dienone is 1. The molecule has 0 aromatic heterocycles. The highest BCUT2D eigenvalue weighted by atomic mass is 16.5. The highest BCUT2D eigenvalue weighted by Gasteiger charge is 2.15. The van der Waals surface area contributed by atoms with Crippen LogP contribution in [0.4, 0.5) is 0 Å². The molecule has 0 atom stereocenters. The molecule has 1 rings (SSSR count). The quantitative estimate of drug-likeness (QED) is 0.452. The number of rotatable bonds is 3. The molecule has 0 N–H and O–H groups in total. The van der Waals surface area contributed by atoms with Gasteiger partial charge in [0.25, 0.3) is 5.70 Å². The van der Waals surface area contributed by atoms with Gasteiger partial charge in [0.2, 0.25) is 0 Å². The van der Waals surface area contributed by atoms with Gasteiger partial charge in [-0.1, -0.05) is 29.8 Å². The average Bonchev–Trinajstić information content (AvgIpc) is 2.31. The standard InChI is InChI=1S/C14H15NO2/c1-5-17-14(16)13(15-4)11(3)12-8-6-10(2)7-9-12/h6-9H,5H2,1-3H3/b13-11-. The molecule has 0 saturated heterocycles. The smallest absolute Gasteiger partial charge is 0.336 e. The Labute approximate surface area is 102 Å². The Bertz CT molecular complexity index is 478. The monoisotopic (exact) mass is 229 g/mol. The van der Waals surface area contributed by atoms with Crippen LogP contribution in [0.3, 0.4) is 0 Å². The van der Waals surface area contributed by atoms with Crippen LogP contribution in [0.1, 0.15) is 25.0 Å². The van der Waals surface area contributed by atoms with Crippen LogP contribution in [0, 0.1) is 13.5 Å². The summed E-state index contributed by atoms with van der Waals surface area (Å²) in [6.07, 6.45) is 0. The van der Waals surface area contributed by atoms with Crippen LogP contribution in [0.2, 0.25) is 0 Å². The summed E-state index contributed by atoms with van der Waals surface area (Å²) in [6, 6.07) is 7.70. The van der Waals surface area contributed by atoms with E-state index in [0.717, 1.165) is 11.1 Å². The van der Waals surface area contributed by atoms with E-state index < -0.39 is 5.97 Å². The highest BCUT2D eigenvalue weighted by molar-refractivity contribution is 5.99. The SMILES string of the molecule is [C-]#[N+]/C(C(=O)OCC)=C(/C)c1ccc(C)cc1. The Balaban J connectivity index is 3.13. The molecule has 3 heteroatoms. The lowest BCUT2D eigenvalue weighted by molar-refractivity contribution is -0.138. The van der Waals surface area contributed by atoms with Crippen LogP contribution in [-0.2, 0) is 9.53 Å². The van der Waals surface area contributed by atoms with Crippen molar-refractivity contribution in [3.8, 4) is 0 Å². The molecule has 0 aliphatic carbocycles. The minimum atomic E-state index is -0.555. The van der Waals surface area contributed by atoms with Gasteiger partial charge in [0, 0.05) is 0 Å². The first-order chi connectivity index (χ1) is 8.10. The van der Waals surface area contributed by atoms with Crippen molar-refractivity contribution in [3.05, 3.63) is 52.5 Å². The summed E-state index contributed by atoms with van der Waals surface area (Å²) < 4.78 is 4.85. The molecular formula is C14H15NO2. The van der Waals surface area contributed by atoms with Gasteiger partial charge in [0.1, 0.15) is 0 Å². The lowest BCUT2D eigenvalue weighted by Gasteiger charge is -2.06. The molecule has 0 aliphatic heterocycles. The molecule has 17 heavy (non-hydrogen) atoms. The molecular weight excluding hydrogens is 214 g/mol. The fourth-order valence-corrected chi connectivity index (χ4v) is 1.42. The lowest BCUT2D eigenvalue weighted by atomic mass is 10.0. The van der Waals surface area contributed by atoms with Crippen molar-refractivity contribution in [1.82, 2.24) is 0 Å². The van der Waals surface area contributed by atoms with Crippen molar-refractivity contribution >= 4 is 11.5 Å². The van der Waals surface area contributed by atoms with Crippen LogP contribution in [0.5, 0.6) is 0 Å². The largest absolute Gasteiger partial charge is 0.471 e. The summed E-state index contributed by atoms with van der Waals surface area (Å²) in [4.78, 5) is 14.8. The number of aryl methyl sites for hydroxylation is 1. The topological polar surface area (TPSA) is 30.7 Å². The van der Waals surface area contributed by atoms with Gasteiger partial charge >= 0.3 is 5.97 Å². The van der Waals surface area contributed by atoms with Crippen molar-refractivity contribution in [2.45, 2.75) is 20.8 Å². The maximum absolute atomic E-state index is 11.6. The second-order valence-electron chi connectivity index (χ2n) is 3.67. The normalized spacial score (nSPS) is 11.4. The van der Waals surface area contributed by atoms with Crippen LogP contribution in [-0.4, -0.2) is 12.6 Å². The molecule has 0 amide bonds. The van der Waals surface area contributed by atoms with Crippen molar-refractivity contribution in [3.63, 3.8) is 0 Å². The molecule has 88 valence electrons. The van der Waals surface area contributed by atoms with Crippen molar-refractivity contribution in [1.29, 1.82) is 0 Å². The molecule has 0 unspecified atom stereocenters. The molecule has 0 spiro atoms. The van der Waals surface area contributed by atoms with Gasteiger partial charge in [-0.25, -0.2) is 4.85 Å². The zero-order valence-electron chi connectivity index (χ0n) is 10.3. The predicted octanol–water partition coefficient (Wildman–Crippen LogP) is 3.21. The summed E-state index contributed by atoms with van der Waals surface area (Å²) in [5, 5.41) is 0. The van der Waals surface area contributed by atoms with Gasteiger partial charge in [-0.15, -0.1) is 0 Å². The number of nitrogens with zero attached hydrogens (tertiary/aromatic N) is 1. The average molecular weight is 229 g/mol. The zero-order valence-corrected chi connectivity index (χ0v) is 10.3. The minimum absolute atomic E-state index is 0.0516. The Morgan fingerprint density at radius 3 is 2.41 bits per heavy atom. The fourth-order valence-electron chi connectivity index (χ4n) is 1.42. The molecule has 3 nitrogen and oxygen atoms in total.